The van der Waals surface area contributed by atoms with Crippen molar-refractivity contribution in [2.45, 2.75) is 13.8 Å². The first-order valence-electron chi connectivity index (χ1n) is 4.12. The van der Waals surface area contributed by atoms with Crippen LogP contribution in [0.4, 0.5) is 5.69 Å². The second-order valence-corrected chi connectivity index (χ2v) is 3.35. The van der Waals surface area contributed by atoms with E-state index in [2.05, 4.69) is 42.5 Å². The van der Waals surface area contributed by atoms with Crippen molar-refractivity contribution < 1.29 is 8.42 Å². The van der Waals surface area contributed by atoms with Gasteiger partial charge in [0.05, 0.1) is 0 Å². The second-order valence-electron chi connectivity index (χ2n) is 2.78. The third-order valence-electron chi connectivity index (χ3n) is 1.87. The van der Waals surface area contributed by atoms with Crippen molar-refractivity contribution in [1.82, 2.24) is 0 Å². The highest BCUT2D eigenvalue weighted by Gasteiger charge is 1.95. The van der Waals surface area contributed by atoms with Crippen molar-refractivity contribution in [3.05, 3.63) is 29.3 Å². The smallest absolute Gasteiger partial charge is 0.198 e. The summed E-state index contributed by atoms with van der Waals surface area (Å²) < 4.78 is 17.6. The Morgan fingerprint density at radius 2 is 1.79 bits per heavy atom. The fraction of sp³-hybridized carbons (Fsp3) is 0.333. The summed E-state index contributed by atoms with van der Waals surface area (Å²) in [4.78, 5) is 0. The van der Waals surface area contributed by atoms with Gasteiger partial charge in [0.15, 0.2) is 10.9 Å². The van der Waals surface area contributed by atoms with Gasteiger partial charge >= 0.3 is 0 Å². The van der Waals surface area contributed by atoms with E-state index in [1.54, 1.807) is 0 Å². The van der Waals surface area contributed by atoms with Crippen LogP contribution in [0.25, 0.3) is 0 Å². The van der Waals surface area contributed by atoms with Gasteiger partial charge in [-0.1, -0.05) is 12.1 Å². The van der Waals surface area contributed by atoms with Crippen LogP contribution in [-0.4, -0.2) is 15.5 Å². The van der Waals surface area contributed by atoms with E-state index in [9.17, 15) is 0 Å². The van der Waals surface area contributed by atoms with Crippen LogP contribution in [0.5, 0.6) is 0 Å². The maximum atomic E-state index is 8.81. The zero-order valence-electron chi connectivity index (χ0n) is 8.57. The van der Waals surface area contributed by atoms with E-state index in [0.29, 0.717) is 0 Å². The number of anilines is 1. The van der Waals surface area contributed by atoms with Crippen LogP contribution in [0.3, 0.4) is 0 Å². The first-order valence-corrected chi connectivity index (χ1v) is 5.36. The van der Waals surface area contributed by atoms with Crippen LogP contribution >= 0.6 is 0 Å². The number of hydrogen-bond donors (Lipinski definition) is 3. The zero-order valence-corrected chi connectivity index (χ0v) is 9.47. The van der Waals surface area contributed by atoms with E-state index in [1.165, 1.54) is 16.8 Å². The minimum absolute atomic E-state index is 1.22. The Morgan fingerprint density at radius 3 is 2.14 bits per heavy atom. The topological polar surface area (TPSA) is 72.2 Å². The molecule has 0 heterocycles. The van der Waals surface area contributed by atoms with Crippen LogP contribution in [0.1, 0.15) is 11.1 Å². The highest BCUT2D eigenvalue weighted by Crippen LogP contribution is 2.16. The molecule has 0 atom stereocenters. The quantitative estimate of drug-likeness (QED) is 0.608. The third kappa shape index (κ3) is 4.84. The molecule has 3 N–H and O–H groups in total. The molecule has 0 amide bonds. The average molecular weight is 216 g/mol. The Kier molecular flexibility index (Phi) is 5.91. The van der Waals surface area contributed by atoms with Crippen LogP contribution in [0.15, 0.2) is 18.2 Å². The fourth-order valence-corrected chi connectivity index (χ4v) is 1.02. The molecule has 0 aliphatic rings. The van der Waals surface area contributed by atoms with Gasteiger partial charge in [-0.25, -0.2) is 13.6 Å². The number of rotatable bonds is 1. The lowest BCUT2D eigenvalue weighted by Crippen LogP contribution is -1.92. The normalized spacial score (nSPS) is 9.21. The summed E-state index contributed by atoms with van der Waals surface area (Å²) in [6.07, 6.45) is 0. The number of aryl methyl sites for hydroxylation is 1. The number of nitrogens with two attached hydrogens (primary N) is 1. The lowest BCUT2D eigenvalue weighted by Gasteiger charge is -2.06. The summed E-state index contributed by atoms with van der Waals surface area (Å²) in [6.45, 7) is 4.25. The molecule has 14 heavy (non-hydrogen) atoms. The molecular formula is C9H16N2O2S. The monoisotopic (exact) mass is 216 g/mol. The number of benzene rings is 1. The summed E-state index contributed by atoms with van der Waals surface area (Å²) in [7, 11) is -0.674. The van der Waals surface area contributed by atoms with Crippen LogP contribution in [0, 0.1) is 13.8 Å². The van der Waals surface area contributed by atoms with Gasteiger partial charge in [0.25, 0.3) is 0 Å². The summed E-state index contributed by atoms with van der Waals surface area (Å²) in [6, 6.07) is 6.27. The van der Waals surface area contributed by atoms with Crippen LogP contribution in [-0.2, 0) is 10.9 Å². The van der Waals surface area contributed by atoms with Crippen molar-refractivity contribution in [1.29, 1.82) is 0 Å². The number of nitrogens with one attached hydrogen (secondary N) is 1. The lowest BCUT2D eigenvalue weighted by molar-refractivity contribution is 0.616. The lowest BCUT2D eigenvalue weighted by atomic mass is 10.1. The van der Waals surface area contributed by atoms with E-state index in [-0.39, 0.29) is 0 Å². The molecule has 4 nitrogen and oxygen atoms in total. The molecule has 1 rings (SSSR count). The fourth-order valence-electron chi connectivity index (χ4n) is 1.02. The van der Waals surface area contributed by atoms with Crippen molar-refractivity contribution in [3.63, 3.8) is 0 Å². The molecule has 0 aliphatic carbocycles. The van der Waals surface area contributed by atoms with E-state index in [0.717, 1.165) is 0 Å². The van der Waals surface area contributed by atoms with Gasteiger partial charge in [-0.2, -0.15) is 0 Å². The molecule has 0 spiro atoms. The summed E-state index contributed by atoms with van der Waals surface area (Å²) in [5.41, 5.74) is 3.90. The van der Waals surface area contributed by atoms with Gasteiger partial charge in [-0.05, 0) is 31.0 Å². The predicted molar refractivity (Wildman–Crippen MR) is 60.0 cm³/mol. The molecule has 5 heteroatoms. The van der Waals surface area contributed by atoms with Crippen molar-refractivity contribution in [2.75, 3.05) is 12.4 Å². The predicted octanol–water partition coefficient (Wildman–Crippen LogP) is 0.817. The van der Waals surface area contributed by atoms with E-state index < -0.39 is 10.9 Å². The first kappa shape index (κ1) is 12.9. The Balaban J connectivity index is 0.000000364. The van der Waals surface area contributed by atoms with Gasteiger partial charge < -0.3 is 5.32 Å². The Hall–Kier alpha value is -1.07. The third-order valence-corrected chi connectivity index (χ3v) is 1.87. The Labute approximate surface area is 86.2 Å². The molecule has 0 saturated heterocycles. The molecule has 0 radical (unpaired) electrons. The first-order chi connectivity index (χ1) is 6.49. The molecule has 0 unspecified atom stereocenters. The summed E-state index contributed by atoms with van der Waals surface area (Å²) >= 11 is 0. The van der Waals surface area contributed by atoms with Crippen LogP contribution < -0.4 is 10.5 Å². The van der Waals surface area contributed by atoms with Gasteiger partial charge in [0.2, 0.25) is 0 Å². The standard InChI is InChI=1S/C9H13N.H3NO2S/c1-7-5-4-6-9(10-3)8(7)2;1-4(2)3/h4-6,10H,1-3H3;4H,(H2,1,2,3). The van der Waals surface area contributed by atoms with Gasteiger partial charge in [0.1, 0.15) is 0 Å². The highest BCUT2D eigenvalue weighted by molar-refractivity contribution is 7.69. The molecule has 0 saturated carbocycles. The van der Waals surface area contributed by atoms with Crippen molar-refractivity contribution in [2.24, 2.45) is 5.14 Å². The summed E-state index contributed by atoms with van der Waals surface area (Å²) in [5, 5.41) is 7.20. The maximum Gasteiger partial charge on any atom is 0.198 e. The molecular weight excluding hydrogens is 200 g/mol. The van der Waals surface area contributed by atoms with Crippen LogP contribution in [0.2, 0.25) is 0 Å². The molecule has 80 valence electrons. The number of hydrogen-bond acceptors (Lipinski definition) is 3. The molecule has 1 aromatic carbocycles. The zero-order chi connectivity index (χ0) is 11.1. The van der Waals surface area contributed by atoms with Gasteiger partial charge in [0, 0.05) is 12.7 Å². The van der Waals surface area contributed by atoms with Crippen molar-refractivity contribution in [3.8, 4) is 0 Å². The number of thiol groups is 1. The molecule has 0 aromatic heterocycles. The van der Waals surface area contributed by atoms with Gasteiger partial charge in [-0.15, -0.1) is 0 Å². The second kappa shape index (κ2) is 6.39. The minimum Gasteiger partial charge on any atom is -0.388 e. The highest BCUT2D eigenvalue weighted by atomic mass is 32.2. The molecule has 1 aromatic rings. The summed E-state index contributed by atoms with van der Waals surface area (Å²) in [5.74, 6) is 0. The largest absolute Gasteiger partial charge is 0.388 e. The molecule has 0 fully saturated rings. The Morgan fingerprint density at radius 1 is 1.29 bits per heavy atom. The Bertz CT molecular complexity index is 354. The minimum atomic E-state index is -2.62. The average Bonchev–Trinajstić information content (AvgIpc) is 2.09. The van der Waals surface area contributed by atoms with E-state index in [4.69, 9.17) is 8.42 Å². The maximum absolute atomic E-state index is 8.81. The SMILES string of the molecule is CNc1cccc(C)c1C.N[SH](=O)=O. The molecule has 0 bridgehead atoms. The molecule has 0 aliphatic heterocycles. The van der Waals surface area contributed by atoms with E-state index >= 15 is 0 Å². The van der Waals surface area contributed by atoms with Crippen molar-refractivity contribution >= 4 is 16.6 Å². The van der Waals surface area contributed by atoms with E-state index in [1.807, 2.05) is 7.05 Å². The van der Waals surface area contributed by atoms with Gasteiger partial charge in [-0.3, -0.25) is 0 Å².